The van der Waals surface area contributed by atoms with Gasteiger partial charge in [-0.3, -0.25) is 4.79 Å². The van der Waals surface area contributed by atoms with Gasteiger partial charge < -0.3 is 39.3 Å². The van der Waals surface area contributed by atoms with Gasteiger partial charge in [0.2, 0.25) is 13.6 Å². The molecule has 0 amide bonds. The number of aliphatic hydroxyl groups is 1. The van der Waals surface area contributed by atoms with Gasteiger partial charge in [-0.25, -0.2) is 14.4 Å². The maximum absolute atomic E-state index is 13.2. The summed E-state index contributed by atoms with van der Waals surface area (Å²) >= 11 is 1.41. The zero-order chi connectivity index (χ0) is 28.0. The highest BCUT2D eigenvalue weighted by atomic mass is 35.5. The van der Waals surface area contributed by atoms with Gasteiger partial charge in [0.25, 0.3) is 0 Å². The van der Waals surface area contributed by atoms with Gasteiger partial charge in [-0.05, 0) is 51.0 Å². The molecule has 12 nitrogen and oxygen atoms in total. The molecule has 0 spiro atoms. The average molecular weight is 592 g/mol. The largest absolute Gasteiger partial charge is 0.511 e. The molecule has 3 N–H and O–H groups in total. The third kappa shape index (κ3) is 7.27. The highest BCUT2D eigenvalue weighted by molar-refractivity contribution is 7.99. The van der Waals surface area contributed by atoms with Crippen molar-refractivity contribution in [1.82, 2.24) is 0 Å². The lowest BCUT2D eigenvalue weighted by Crippen LogP contribution is -2.59. The molecule has 2 aliphatic rings. The van der Waals surface area contributed by atoms with Gasteiger partial charge in [0.1, 0.15) is 5.54 Å². The van der Waals surface area contributed by atoms with E-state index in [0.717, 1.165) is 16.0 Å². The van der Waals surface area contributed by atoms with Crippen LogP contribution in [0.4, 0.5) is 9.59 Å². The van der Waals surface area contributed by atoms with Crippen LogP contribution in [0.15, 0.2) is 23.1 Å². The number of carbonyl (C=O) groups is 4. The summed E-state index contributed by atoms with van der Waals surface area (Å²) in [7, 11) is 0. The fourth-order valence-corrected chi connectivity index (χ4v) is 6.07. The normalized spacial score (nSPS) is 26.4. The number of ether oxygens (including phenoxy) is 6. The highest BCUT2D eigenvalue weighted by Crippen LogP contribution is 2.64. The molecule has 39 heavy (non-hydrogen) atoms. The van der Waals surface area contributed by atoms with Crippen molar-refractivity contribution < 1.29 is 52.7 Å². The van der Waals surface area contributed by atoms with Crippen molar-refractivity contribution in [2.45, 2.75) is 44.2 Å². The number of carbonyl (C=O) groups excluding carboxylic acids is 4. The highest BCUT2D eigenvalue weighted by Gasteiger charge is 2.78. The number of hydrogen-bond donors (Lipinski definition) is 2. The van der Waals surface area contributed by atoms with Crippen molar-refractivity contribution in [3.63, 3.8) is 0 Å². The third-order valence-electron chi connectivity index (χ3n) is 6.85. The molecule has 14 heteroatoms. The van der Waals surface area contributed by atoms with Crippen LogP contribution in [0.25, 0.3) is 0 Å². The number of aliphatic hydroxyl groups excluding tert-OH is 1. The fourth-order valence-electron chi connectivity index (χ4n) is 4.80. The van der Waals surface area contributed by atoms with Gasteiger partial charge in [0.15, 0.2) is 0 Å². The van der Waals surface area contributed by atoms with Crippen LogP contribution < -0.4 is 5.73 Å². The Morgan fingerprint density at radius 1 is 0.923 bits per heavy atom. The molecule has 0 aliphatic heterocycles. The van der Waals surface area contributed by atoms with Gasteiger partial charge in [0, 0.05) is 28.4 Å². The summed E-state index contributed by atoms with van der Waals surface area (Å²) in [6, 6.07) is 5.90. The lowest BCUT2D eigenvalue weighted by Gasteiger charge is -2.34. The molecule has 6 atom stereocenters. The number of halogens is 1. The summed E-state index contributed by atoms with van der Waals surface area (Å²) in [4.78, 5) is 49.6. The van der Waals surface area contributed by atoms with E-state index in [1.807, 2.05) is 32.0 Å². The van der Waals surface area contributed by atoms with Gasteiger partial charge in [0.05, 0.1) is 25.2 Å². The molecule has 0 bridgehead atoms. The quantitative estimate of drug-likeness (QED) is 0.167. The number of esters is 2. The summed E-state index contributed by atoms with van der Waals surface area (Å²) in [5.74, 6) is -4.62. The molecule has 3 rings (SSSR count). The minimum absolute atomic E-state index is 0. The van der Waals surface area contributed by atoms with Crippen molar-refractivity contribution >= 4 is 48.4 Å². The van der Waals surface area contributed by atoms with E-state index in [1.165, 1.54) is 11.8 Å². The summed E-state index contributed by atoms with van der Waals surface area (Å²) in [6.07, 6.45) is -3.14. The van der Waals surface area contributed by atoms with Crippen molar-refractivity contribution in [3.05, 3.63) is 29.3 Å². The molecule has 2 fully saturated rings. The Bertz CT molecular complexity index is 1060. The van der Waals surface area contributed by atoms with Gasteiger partial charge in [-0.1, -0.05) is 6.07 Å². The zero-order valence-electron chi connectivity index (χ0n) is 22.1. The summed E-state index contributed by atoms with van der Waals surface area (Å²) in [5.41, 5.74) is 7.07. The molecule has 0 unspecified atom stereocenters. The van der Waals surface area contributed by atoms with Crippen molar-refractivity contribution in [2.75, 3.05) is 32.6 Å². The Morgan fingerprint density at radius 3 is 2.08 bits per heavy atom. The van der Waals surface area contributed by atoms with Crippen LogP contribution >= 0.6 is 24.2 Å². The average Bonchev–Trinajstić information content (AvgIpc) is 3.58. The lowest BCUT2D eigenvalue weighted by atomic mass is 9.81. The number of rotatable bonds is 11. The second kappa shape index (κ2) is 14.1. The molecule has 0 saturated heterocycles. The van der Waals surface area contributed by atoms with E-state index in [1.54, 1.807) is 13.8 Å². The van der Waals surface area contributed by atoms with Gasteiger partial charge in [-0.15, -0.1) is 24.2 Å². The molecule has 1 aromatic rings. The van der Waals surface area contributed by atoms with E-state index in [2.05, 4.69) is 14.2 Å². The SMILES string of the molecule is CCOC(=O)OCOC(=O)[C@H]1[C@@H]2[C@H](O)[C@@H](CSc3ccc(C)c(C)c3)[C@@](N)(C(=O)OCOC(=O)OCC)[C@H]12.Cl. The third-order valence-corrected chi connectivity index (χ3v) is 7.96. The Labute approximate surface area is 236 Å². The van der Waals surface area contributed by atoms with Crippen LogP contribution in [0, 0.1) is 37.5 Å². The molecule has 2 saturated carbocycles. The predicted molar refractivity (Wildman–Crippen MR) is 139 cm³/mol. The molecule has 218 valence electrons. The smallest absolute Gasteiger partial charge is 0.435 e. The summed E-state index contributed by atoms with van der Waals surface area (Å²) < 4.78 is 28.7. The first-order valence-electron chi connectivity index (χ1n) is 12.2. The molecule has 0 heterocycles. The van der Waals surface area contributed by atoms with E-state index < -0.39 is 73.1 Å². The first kappa shape index (κ1) is 32.5. The van der Waals surface area contributed by atoms with Gasteiger partial charge in [-0.2, -0.15) is 0 Å². The topological polar surface area (TPSA) is 170 Å². The monoisotopic (exact) mass is 591 g/mol. The van der Waals surface area contributed by atoms with Gasteiger partial charge >= 0.3 is 24.2 Å². The number of nitrogens with two attached hydrogens (primary N) is 1. The van der Waals surface area contributed by atoms with Crippen molar-refractivity contribution in [1.29, 1.82) is 0 Å². The number of aryl methyl sites for hydroxylation is 2. The van der Waals surface area contributed by atoms with E-state index in [4.69, 9.17) is 19.9 Å². The minimum Gasteiger partial charge on any atom is -0.435 e. The first-order chi connectivity index (χ1) is 18.1. The van der Waals surface area contributed by atoms with E-state index in [9.17, 15) is 24.3 Å². The second-order valence-corrected chi connectivity index (χ2v) is 10.1. The standard InChI is InChI=1S/C25H33NO11S.ClH/c1-5-32-23(30)36-11-34-21(28)18-17-19(18)25(26,22(29)35-12-37-24(31)33-6-2)16(20(17)27)10-38-15-8-7-13(3)14(4)9-15;/h7-9,16-20,27H,5-6,10-12,26H2,1-4H3;1H/t16-,17+,18+,19+,20-,25+;/m1./s1. The fraction of sp³-hybridized carbons (Fsp3) is 0.600. The van der Waals surface area contributed by atoms with Crippen LogP contribution in [0.1, 0.15) is 25.0 Å². The zero-order valence-corrected chi connectivity index (χ0v) is 23.7. The van der Waals surface area contributed by atoms with Crippen LogP contribution in [0.2, 0.25) is 0 Å². The Hall–Kier alpha value is -2.74. The van der Waals surface area contributed by atoms with E-state index in [0.29, 0.717) is 0 Å². The Morgan fingerprint density at radius 2 is 1.51 bits per heavy atom. The molecule has 0 aromatic heterocycles. The minimum atomic E-state index is -1.78. The Kier molecular flexibility index (Phi) is 11.7. The Balaban J connectivity index is 0.00000533. The van der Waals surface area contributed by atoms with E-state index >= 15 is 0 Å². The molecular formula is C25H34ClNO11S. The van der Waals surface area contributed by atoms with Crippen LogP contribution in [0.5, 0.6) is 0 Å². The molecule has 1 aromatic carbocycles. The van der Waals surface area contributed by atoms with Crippen molar-refractivity contribution in [2.24, 2.45) is 29.4 Å². The molecular weight excluding hydrogens is 558 g/mol. The molecule has 2 aliphatic carbocycles. The first-order valence-corrected chi connectivity index (χ1v) is 13.1. The number of fused-ring (bicyclic) bond motifs is 1. The maximum Gasteiger partial charge on any atom is 0.511 e. The molecule has 0 radical (unpaired) electrons. The lowest BCUT2D eigenvalue weighted by molar-refractivity contribution is -0.165. The van der Waals surface area contributed by atoms with Crippen LogP contribution in [-0.2, 0) is 38.0 Å². The summed E-state index contributed by atoms with van der Waals surface area (Å²) in [5, 5.41) is 11.1. The second-order valence-electron chi connectivity index (χ2n) is 9.00. The van der Waals surface area contributed by atoms with E-state index in [-0.39, 0.29) is 31.4 Å². The van der Waals surface area contributed by atoms with Crippen LogP contribution in [0.3, 0.4) is 0 Å². The maximum atomic E-state index is 13.2. The predicted octanol–water partition coefficient (Wildman–Crippen LogP) is 2.72. The number of benzene rings is 1. The summed E-state index contributed by atoms with van der Waals surface area (Å²) in [6.45, 7) is 5.88. The van der Waals surface area contributed by atoms with Crippen molar-refractivity contribution in [3.8, 4) is 0 Å². The van der Waals surface area contributed by atoms with Crippen LogP contribution in [-0.4, -0.2) is 73.6 Å². The number of thioether (sulfide) groups is 1. The number of hydrogen-bond acceptors (Lipinski definition) is 13.